The predicted octanol–water partition coefficient (Wildman–Crippen LogP) is 3.37. The van der Waals surface area contributed by atoms with E-state index in [2.05, 4.69) is 15.3 Å². The third-order valence-corrected chi connectivity index (χ3v) is 4.90. The maximum absolute atomic E-state index is 12.6. The first-order chi connectivity index (χ1) is 15.1. The molecule has 168 valence electrons. The van der Waals surface area contributed by atoms with Crippen LogP contribution in [0.1, 0.15) is 28.7 Å². The molecule has 0 saturated carbocycles. The van der Waals surface area contributed by atoms with Crippen molar-refractivity contribution in [2.75, 3.05) is 13.1 Å². The lowest BCUT2D eigenvalue weighted by Gasteiger charge is -2.20. The second-order valence-electron chi connectivity index (χ2n) is 6.84. The number of aromatic amines is 1. The molecule has 0 spiro atoms. The fraction of sp³-hybridized carbons (Fsp3) is 0.238. The van der Waals surface area contributed by atoms with Gasteiger partial charge in [-0.05, 0) is 49.4 Å². The maximum atomic E-state index is 12.6. The van der Waals surface area contributed by atoms with E-state index in [0.29, 0.717) is 15.9 Å². The lowest BCUT2D eigenvalue weighted by molar-refractivity contribution is -0.137. The summed E-state index contributed by atoms with van der Waals surface area (Å²) >= 11 is 5.95. The van der Waals surface area contributed by atoms with Crippen LogP contribution in [0.3, 0.4) is 0 Å². The number of H-pyrrole nitrogens is 1. The Morgan fingerprint density at radius 1 is 1.16 bits per heavy atom. The third-order valence-electron chi connectivity index (χ3n) is 4.67. The Morgan fingerprint density at radius 2 is 1.84 bits per heavy atom. The van der Waals surface area contributed by atoms with Crippen molar-refractivity contribution in [2.24, 2.45) is 0 Å². The normalized spacial score (nSPS) is 11.4. The number of rotatable bonds is 6. The summed E-state index contributed by atoms with van der Waals surface area (Å²) in [5, 5.41) is 3.16. The highest BCUT2D eigenvalue weighted by Gasteiger charge is 2.30. The summed E-state index contributed by atoms with van der Waals surface area (Å²) in [6, 6.07) is 8.32. The molecule has 2 amide bonds. The van der Waals surface area contributed by atoms with Crippen LogP contribution in [0.2, 0.25) is 5.02 Å². The van der Waals surface area contributed by atoms with Crippen LogP contribution in [0.4, 0.5) is 13.2 Å². The van der Waals surface area contributed by atoms with Gasteiger partial charge in [-0.25, -0.2) is 4.98 Å². The van der Waals surface area contributed by atoms with E-state index in [1.165, 1.54) is 11.0 Å². The lowest BCUT2D eigenvalue weighted by Crippen LogP contribution is -2.40. The number of nitrogens with zero attached hydrogens (tertiary/aromatic N) is 2. The van der Waals surface area contributed by atoms with Gasteiger partial charge in [0.05, 0.1) is 29.6 Å². The molecular formula is C21H18ClF3N4O3. The van der Waals surface area contributed by atoms with Crippen LogP contribution in [0.15, 0.2) is 47.3 Å². The topological polar surface area (TPSA) is 95.2 Å². The maximum Gasteiger partial charge on any atom is 0.416 e. The largest absolute Gasteiger partial charge is 0.416 e. The first-order valence-electron chi connectivity index (χ1n) is 9.50. The third kappa shape index (κ3) is 5.44. The molecule has 32 heavy (non-hydrogen) atoms. The standard InChI is InChI=1S/C21H18ClF3N4O3/c1-2-29(11-17-27-16-9-14(22)7-8-15(16)20(32)28-17)18(30)10-26-19(31)12-3-5-13(6-4-12)21(23,24)25/h3-9H,2,10-11H2,1H3,(H,26,31)(H,27,28,32). The molecule has 0 fully saturated rings. The molecule has 0 bridgehead atoms. The number of hydrogen-bond acceptors (Lipinski definition) is 4. The van der Waals surface area contributed by atoms with Crippen LogP contribution < -0.4 is 10.9 Å². The van der Waals surface area contributed by atoms with E-state index >= 15 is 0 Å². The lowest BCUT2D eigenvalue weighted by atomic mass is 10.1. The number of aromatic nitrogens is 2. The van der Waals surface area contributed by atoms with Gasteiger partial charge in [0.25, 0.3) is 11.5 Å². The summed E-state index contributed by atoms with van der Waals surface area (Å²) in [5.41, 5.74) is -0.872. The minimum atomic E-state index is -4.50. The number of fused-ring (bicyclic) bond motifs is 1. The van der Waals surface area contributed by atoms with E-state index in [4.69, 9.17) is 11.6 Å². The molecule has 3 rings (SSSR count). The SMILES string of the molecule is CCN(Cc1nc2cc(Cl)ccc2c(=O)[nH]1)C(=O)CNC(=O)c1ccc(C(F)(F)F)cc1. The molecule has 0 unspecified atom stereocenters. The number of nitrogens with one attached hydrogen (secondary N) is 2. The Hall–Kier alpha value is -3.40. The molecule has 2 N–H and O–H groups in total. The number of carbonyl (C=O) groups is 2. The number of benzene rings is 2. The summed E-state index contributed by atoms with van der Waals surface area (Å²) in [4.78, 5) is 45.2. The highest BCUT2D eigenvalue weighted by Crippen LogP contribution is 2.29. The summed E-state index contributed by atoms with van der Waals surface area (Å²) < 4.78 is 37.9. The van der Waals surface area contributed by atoms with Gasteiger partial charge in [-0.15, -0.1) is 0 Å². The summed E-state index contributed by atoms with van der Waals surface area (Å²) in [5.74, 6) is -0.898. The van der Waals surface area contributed by atoms with Crippen LogP contribution in [-0.2, 0) is 17.5 Å². The van der Waals surface area contributed by atoms with E-state index in [1.807, 2.05) is 0 Å². The fourth-order valence-electron chi connectivity index (χ4n) is 2.97. The zero-order valence-electron chi connectivity index (χ0n) is 16.8. The second-order valence-corrected chi connectivity index (χ2v) is 7.28. The summed E-state index contributed by atoms with van der Waals surface area (Å²) in [6.45, 7) is 1.60. The number of likely N-dealkylation sites (N-methyl/N-ethyl adjacent to an activating group) is 1. The number of alkyl halides is 3. The van der Waals surface area contributed by atoms with Gasteiger partial charge in [0.15, 0.2) is 0 Å². The van der Waals surface area contributed by atoms with E-state index in [-0.39, 0.29) is 36.6 Å². The predicted molar refractivity (Wildman–Crippen MR) is 112 cm³/mol. The van der Waals surface area contributed by atoms with E-state index in [0.717, 1.165) is 24.3 Å². The minimum absolute atomic E-state index is 0.00810. The van der Waals surface area contributed by atoms with Crippen molar-refractivity contribution in [3.05, 3.63) is 74.8 Å². The number of hydrogen-bond donors (Lipinski definition) is 2. The van der Waals surface area contributed by atoms with E-state index in [9.17, 15) is 27.6 Å². The Balaban J connectivity index is 1.65. The molecule has 0 saturated heterocycles. The smallest absolute Gasteiger partial charge is 0.343 e. The van der Waals surface area contributed by atoms with Crippen molar-refractivity contribution in [2.45, 2.75) is 19.6 Å². The van der Waals surface area contributed by atoms with Gasteiger partial charge in [-0.1, -0.05) is 11.6 Å². The van der Waals surface area contributed by atoms with Gasteiger partial charge in [0.2, 0.25) is 5.91 Å². The van der Waals surface area contributed by atoms with Crippen molar-refractivity contribution in [1.82, 2.24) is 20.2 Å². The highest BCUT2D eigenvalue weighted by atomic mass is 35.5. The Kier molecular flexibility index (Phi) is 6.83. The molecule has 11 heteroatoms. The first kappa shape index (κ1) is 23.3. The molecule has 0 aliphatic carbocycles. The molecule has 1 heterocycles. The van der Waals surface area contributed by atoms with Crippen LogP contribution in [0, 0.1) is 0 Å². The van der Waals surface area contributed by atoms with Crippen molar-refractivity contribution >= 4 is 34.3 Å². The van der Waals surface area contributed by atoms with Gasteiger partial charge in [-0.2, -0.15) is 13.2 Å². The molecular weight excluding hydrogens is 449 g/mol. The van der Waals surface area contributed by atoms with Crippen LogP contribution in [0.5, 0.6) is 0 Å². The van der Waals surface area contributed by atoms with Crippen LogP contribution in [0.25, 0.3) is 10.9 Å². The Morgan fingerprint density at radius 3 is 2.47 bits per heavy atom. The molecule has 3 aromatic rings. The molecule has 0 radical (unpaired) electrons. The molecule has 0 atom stereocenters. The molecule has 0 aliphatic rings. The molecule has 7 nitrogen and oxygen atoms in total. The van der Waals surface area contributed by atoms with Gasteiger partial charge in [0, 0.05) is 17.1 Å². The van der Waals surface area contributed by atoms with E-state index in [1.54, 1.807) is 19.1 Å². The number of halogens is 4. The van der Waals surface area contributed by atoms with Crippen LogP contribution >= 0.6 is 11.6 Å². The zero-order valence-corrected chi connectivity index (χ0v) is 17.5. The highest BCUT2D eigenvalue weighted by molar-refractivity contribution is 6.31. The molecule has 1 aromatic heterocycles. The summed E-state index contributed by atoms with van der Waals surface area (Å²) in [7, 11) is 0. The van der Waals surface area contributed by atoms with Gasteiger partial charge in [-0.3, -0.25) is 14.4 Å². The van der Waals surface area contributed by atoms with Gasteiger partial charge in [0.1, 0.15) is 5.82 Å². The van der Waals surface area contributed by atoms with Gasteiger partial charge >= 0.3 is 6.18 Å². The average molecular weight is 467 g/mol. The van der Waals surface area contributed by atoms with Crippen molar-refractivity contribution < 1.29 is 22.8 Å². The van der Waals surface area contributed by atoms with E-state index < -0.39 is 23.6 Å². The van der Waals surface area contributed by atoms with Crippen molar-refractivity contribution in [1.29, 1.82) is 0 Å². The van der Waals surface area contributed by atoms with Gasteiger partial charge < -0.3 is 15.2 Å². The van der Waals surface area contributed by atoms with Crippen LogP contribution in [-0.4, -0.2) is 39.8 Å². The quantitative estimate of drug-likeness (QED) is 0.582. The van der Waals surface area contributed by atoms with Crippen molar-refractivity contribution in [3.63, 3.8) is 0 Å². The minimum Gasteiger partial charge on any atom is -0.343 e. The van der Waals surface area contributed by atoms with Crippen molar-refractivity contribution in [3.8, 4) is 0 Å². The number of amides is 2. The first-order valence-corrected chi connectivity index (χ1v) is 9.88. The monoisotopic (exact) mass is 466 g/mol. The molecule has 0 aliphatic heterocycles. The summed E-state index contributed by atoms with van der Waals surface area (Å²) in [6.07, 6.45) is -4.50. The Labute approximate surface area is 185 Å². The Bertz CT molecular complexity index is 1210. The average Bonchev–Trinajstić information content (AvgIpc) is 2.74. The fourth-order valence-corrected chi connectivity index (χ4v) is 3.14. The zero-order chi connectivity index (χ0) is 23.5. The second kappa shape index (κ2) is 9.39. The molecule has 2 aromatic carbocycles. The number of carbonyl (C=O) groups excluding carboxylic acids is 2.